The van der Waals surface area contributed by atoms with Gasteiger partial charge in [-0.2, -0.15) is 4.98 Å². The standard InChI is InChI=1S/C11H19N5O3/c1-7(4-5-17)6-13-10-9(16(18)19)8(2)14-11(12-3)15-10/h7,17H,4-6H2,1-3H3,(H2,12,13,14,15). The number of aliphatic hydroxyl groups is 1. The molecule has 0 bridgehead atoms. The number of rotatable bonds is 7. The van der Waals surface area contributed by atoms with Gasteiger partial charge in [0.15, 0.2) is 0 Å². The summed E-state index contributed by atoms with van der Waals surface area (Å²) in [5.74, 6) is 0.727. The van der Waals surface area contributed by atoms with E-state index in [1.54, 1.807) is 14.0 Å². The van der Waals surface area contributed by atoms with Gasteiger partial charge in [0.25, 0.3) is 0 Å². The highest BCUT2D eigenvalue weighted by molar-refractivity contribution is 5.60. The third kappa shape index (κ3) is 4.02. The van der Waals surface area contributed by atoms with E-state index in [1.165, 1.54) is 0 Å². The van der Waals surface area contributed by atoms with Gasteiger partial charge in [-0.3, -0.25) is 10.1 Å². The maximum Gasteiger partial charge on any atom is 0.332 e. The molecular formula is C11H19N5O3. The van der Waals surface area contributed by atoms with Crippen LogP contribution in [0.5, 0.6) is 0 Å². The van der Waals surface area contributed by atoms with Crippen LogP contribution >= 0.6 is 0 Å². The average molecular weight is 269 g/mol. The second-order valence-electron chi connectivity index (χ2n) is 4.34. The number of nitrogens with one attached hydrogen (secondary N) is 2. The molecule has 8 heteroatoms. The van der Waals surface area contributed by atoms with Crippen LogP contribution in [0.25, 0.3) is 0 Å². The summed E-state index contributed by atoms with van der Waals surface area (Å²) in [5.41, 5.74) is 0.192. The quantitative estimate of drug-likeness (QED) is 0.503. The number of aryl methyl sites for hydroxylation is 1. The molecule has 1 aromatic rings. The molecule has 0 aliphatic heterocycles. The van der Waals surface area contributed by atoms with E-state index in [0.717, 1.165) is 0 Å². The first-order valence-corrected chi connectivity index (χ1v) is 6.05. The molecule has 1 rings (SSSR count). The highest BCUT2D eigenvalue weighted by atomic mass is 16.6. The van der Waals surface area contributed by atoms with Crippen molar-refractivity contribution in [3.8, 4) is 0 Å². The number of hydrogen-bond donors (Lipinski definition) is 3. The maximum atomic E-state index is 11.0. The van der Waals surface area contributed by atoms with E-state index < -0.39 is 4.92 Å². The third-order valence-electron chi connectivity index (χ3n) is 2.70. The van der Waals surface area contributed by atoms with Crippen LogP contribution in [0.1, 0.15) is 19.0 Å². The zero-order valence-corrected chi connectivity index (χ0v) is 11.3. The molecule has 1 heterocycles. The van der Waals surface area contributed by atoms with E-state index in [4.69, 9.17) is 5.11 Å². The predicted molar refractivity (Wildman–Crippen MR) is 72.3 cm³/mol. The summed E-state index contributed by atoms with van der Waals surface area (Å²) in [6.45, 7) is 4.11. The summed E-state index contributed by atoms with van der Waals surface area (Å²) in [6, 6.07) is 0. The smallest absolute Gasteiger partial charge is 0.332 e. The van der Waals surface area contributed by atoms with Gasteiger partial charge in [-0.1, -0.05) is 6.92 Å². The molecular weight excluding hydrogens is 250 g/mol. The molecule has 0 radical (unpaired) electrons. The van der Waals surface area contributed by atoms with Crippen LogP contribution < -0.4 is 10.6 Å². The Morgan fingerprint density at radius 3 is 2.68 bits per heavy atom. The summed E-state index contributed by atoms with van der Waals surface area (Å²) in [4.78, 5) is 18.6. The third-order valence-corrected chi connectivity index (χ3v) is 2.70. The lowest BCUT2D eigenvalue weighted by molar-refractivity contribution is -0.385. The van der Waals surface area contributed by atoms with Crippen molar-refractivity contribution in [2.24, 2.45) is 5.92 Å². The molecule has 3 N–H and O–H groups in total. The molecule has 0 saturated heterocycles. The molecule has 1 aromatic heterocycles. The number of hydrogen-bond acceptors (Lipinski definition) is 7. The van der Waals surface area contributed by atoms with Crippen molar-refractivity contribution in [1.29, 1.82) is 0 Å². The lowest BCUT2D eigenvalue weighted by Crippen LogP contribution is -2.16. The van der Waals surface area contributed by atoms with E-state index >= 15 is 0 Å². The summed E-state index contributed by atoms with van der Waals surface area (Å²) >= 11 is 0. The Bertz CT molecular complexity index is 452. The molecule has 1 unspecified atom stereocenters. The Labute approximate surface area is 111 Å². The zero-order valence-electron chi connectivity index (χ0n) is 11.3. The monoisotopic (exact) mass is 269 g/mol. The molecule has 19 heavy (non-hydrogen) atoms. The van der Waals surface area contributed by atoms with E-state index in [-0.39, 0.29) is 24.0 Å². The van der Waals surface area contributed by atoms with Crippen LogP contribution in [0.15, 0.2) is 0 Å². The topological polar surface area (TPSA) is 113 Å². The molecule has 0 saturated carbocycles. The highest BCUT2D eigenvalue weighted by Gasteiger charge is 2.21. The van der Waals surface area contributed by atoms with Gasteiger partial charge in [-0.15, -0.1) is 0 Å². The van der Waals surface area contributed by atoms with Crippen molar-refractivity contribution >= 4 is 17.5 Å². The predicted octanol–water partition coefficient (Wildman–Crippen LogP) is 1.17. The fourth-order valence-corrected chi connectivity index (χ4v) is 1.61. The largest absolute Gasteiger partial charge is 0.396 e. The molecule has 0 spiro atoms. The molecule has 106 valence electrons. The number of nitrogens with zero attached hydrogens (tertiary/aromatic N) is 3. The fourth-order valence-electron chi connectivity index (χ4n) is 1.61. The van der Waals surface area contributed by atoms with Crippen LogP contribution in [-0.2, 0) is 0 Å². The van der Waals surface area contributed by atoms with Gasteiger partial charge < -0.3 is 15.7 Å². The summed E-state index contributed by atoms with van der Waals surface area (Å²) < 4.78 is 0. The van der Waals surface area contributed by atoms with Crippen LogP contribution in [0, 0.1) is 23.0 Å². The molecule has 0 aliphatic rings. The number of anilines is 2. The first-order chi connectivity index (χ1) is 8.99. The second kappa shape index (κ2) is 6.83. The Morgan fingerprint density at radius 2 is 2.16 bits per heavy atom. The SMILES string of the molecule is CNc1nc(C)c([N+](=O)[O-])c(NCC(C)CCO)n1. The summed E-state index contributed by atoms with van der Waals surface area (Å²) in [5, 5.41) is 25.6. The first kappa shape index (κ1) is 15.1. The van der Waals surface area contributed by atoms with Gasteiger partial charge in [-0.25, -0.2) is 4.98 Å². The summed E-state index contributed by atoms with van der Waals surface area (Å²) in [7, 11) is 1.65. The van der Waals surface area contributed by atoms with Crippen molar-refractivity contribution in [2.75, 3.05) is 30.8 Å². The minimum absolute atomic E-state index is 0.0928. The van der Waals surface area contributed by atoms with Crippen LogP contribution in [0.2, 0.25) is 0 Å². The Morgan fingerprint density at radius 1 is 1.47 bits per heavy atom. The number of nitro groups is 1. The van der Waals surface area contributed by atoms with Crippen molar-refractivity contribution in [3.63, 3.8) is 0 Å². The van der Waals surface area contributed by atoms with Crippen molar-refractivity contribution in [2.45, 2.75) is 20.3 Å². The minimum Gasteiger partial charge on any atom is -0.396 e. The van der Waals surface area contributed by atoms with Crippen LogP contribution in [0.3, 0.4) is 0 Å². The van der Waals surface area contributed by atoms with Crippen molar-refractivity contribution in [1.82, 2.24) is 9.97 Å². The highest BCUT2D eigenvalue weighted by Crippen LogP contribution is 2.26. The van der Waals surface area contributed by atoms with Crippen LogP contribution in [0.4, 0.5) is 17.5 Å². The van der Waals surface area contributed by atoms with Gasteiger partial charge in [0, 0.05) is 20.2 Å². The molecule has 0 amide bonds. The Hall–Kier alpha value is -1.96. The molecule has 0 aromatic carbocycles. The average Bonchev–Trinajstić information content (AvgIpc) is 2.35. The van der Waals surface area contributed by atoms with E-state index in [2.05, 4.69) is 20.6 Å². The second-order valence-corrected chi connectivity index (χ2v) is 4.34. The van der Waals surface area contributed by atoms with Crippen LogP contribution in [-0.4, -0.2) is 40.2 Å². The van der Waals surface area contributed by atoms with E-state index in [1.807, 2.05) is 6.92 Å². The van der Waals surface area contributed by atoms with E-state index in [0.29, 0.717) is 24.6 Å². The van der Waals surface area contributed by atoms with Gasteiger partial charge in [-0.05, 0) is 19.3 Å². The normalized spacial score (nSPS) is 12.0. The van der Waals surface area contributed by atoms with Gasteiger partial charge >= 0.3 is 5.69 Å². The van der Waals surface area contributed by atoms with Gasteiger partial charge in [0.2, 0.25) is 11.8 Å². The number of aliphatic hydroxyl groups excluding tert-OH is 1. The van der Waals surface area contributed by atoms with E-state index in [9.17, 15) is 10.1 Å². The molecule has 0 aliphatic carbocycles. The van der Waals surface area contributed by atoms with Gasteiger partial charge in [0.1, 0.15) is 5.69 Å². The van der Waals surface area contributed by atoms with Crippen molar-refractivity contribution in [3.05, 3.63) is 15.8 Å². The molecule has 1 atom stereocenters. The lowest BCUT2D eigenvalue weighted by Gasteiger charge is -2.13. The molecule has 0 fully saturated rings. The minimum atomic E-state index is -0.492. The van der Waals surface area contributed by atoms with Crippen molar-refractivity contribution < 1.29 is 10.0 Å². The Balaban J connectivity index is 2.96. The number of aromatic nitrogens is 2. The fraction of sp³-hybridized carbons (Fsp3) is 0.636. The lowest BCUT2D eigenvalue weighted by atomic mass is 10.1. The maximum absolute atomic E-state index is 11.0. The zero-order chi connectivity index (χ0) is 14.4. The first-order valence-electron chi connectivity index (χ1n) is 6.05. The van der Waals surface area contributed by atoms with Gasteiger partial charge in [0.05, 0.1) is 4.92 Å². The summed E-state index contributed by atoms with van der Waals surface area (Å²) in [6.07, 6.45) is 0.629. The Kier molecular flexibility index (Phi) is 5.43. The molecule has 8 nitrogen and oxygen atoms in total.